The average molecular weight is 336 g/mol. The molecule has 8 heteroatoms. The summed E-state index contributed by atoms with van der Waals surface area (Å²) < 4.78 is 5.29. The molecule has 0 aromatic heterocycles. The minimum atomic E-state index is -1.82. The standard InChI is InChI=1S/C11H13Cl2NO.C2H2O4/c12-10-2-1-9(11(13)7-10)8-14-3-5-15-6-4-14;3-1(4)2(5)6/h1-2,7H,3-6,8H2;(H,3,4)(H,5,6). The lowest BCUT2D eigenvalue weighted by atomic mass is 10.2. The molecule has 0 radical (unpaired) electrons. The van der Waals surface area contributed by atoms with Crippen LogP contribution in [0.2, 0.25) is 10.0 Å². The second-order valence-electron chi connectivity index (χ2n) is 4.23. The summed E-state index contributed by atoms with van der Waals surface area (Å²) in [5.41, 5.74) is 1.13. The number of hydrogen-bond donors (Lipinski definition) is 2. The third-order valence-electron chi connectivity index (χ3n) is 2.70. The number of nitrogens with zero attached hydrogens (tertiary/aromatic N) is 1. The minimum Gasteiger partial charge on any atom is -0.473 e. The summed E-state index contributed by atoms with van der Waals surface area (Å²) in [6.07, 6.45) is 0. The van der Waals surface area contributed by atoms with Gasteiger partial charge in [0.2, 0.25) is 0 Å². The highest BCUT2D eigenvalue weighted by Gasteiger charge is 2.12. The summed E-state index contributed by atoms with van der Waals surface area (Å²) in [5.74, 6) is -3.65. The van der Waals surface area contributed by atoms with Gasteiger partial charge in [-0.1, -0.05) is 29.3 Å². The van der Waals surface area contributed by atoms with Crippen molar-refractivity contribution in [3.8, 4) is 0 Å². The van der Waals surface area contributed by atoms with E-state index in [-0.39, 0.29) is 0 Å². The molecule has 21 heavy (non-hydrogen) atoms. The molecule has 1 aromatic rings. The van der Waals surface area contributed by atoms with E-state index in [0.29, 0.717) is 5.02 Å². The summed E-state index contributed by atoms with van der Waals surface area (Å²) in [4.78, 5) is 20.5. The van der Waals surface area contributed by atoms with E-state index in [0.717, 1.165) is 43.4 Å². The molecule has 0 atom stereocenters. The predicted molar refractivity (Wildman–Crippen MR) is 77.8 cm³/mol. The molecular weight excluding hydrogens is 321 g/mol. The quantitative estimate of drug-likeness (QED) is 0.803. The maximum Gasteiger partial charge on any atom is 0.414 e. The van der Waals surface area contributed by atoms with Gasteiger partial charge in [-0.05, 0) is 17.7 Å². The van der Waals surface area contributed by atoms with Gasteiger partial charge < -0.3 is 14.9 Å². The molecule has 2 N–H and O–H groups in total. The Morgan fingerprint density at radius 1 is 1.14 bits per heavy atom. The Labute approximate surface area is 131 Å². The topological polar surface area (TPSA) is 87.1 Å². The molecule has 1 aromatic carbocycles. The van der Waals surface area contributed by atoms with Crippen molar-refractivity contribution in [1.82, 2.24) is 4.90 Å². The third-order valence-corrected chi connectivity index (χ3v) is 3.28. The Kier molecular flexibility index (Phi) is 7.45. The fraction of sp³-hybridized carbons (Fsp3) is 0.385. The Bertz CT molecular complexity index is 491. The molecule has 116 valence electrons. The largest absolute Gasteiger partial charge is 0.473 e. The van der Waals surface area contributed by atoms with Gasteiger partial charge >= 0.3 is 11.9 Å². The smallest absolute Gasteiger partial charge is 0.414 e. The Balaban J connectivity index is 0.000000315. The maximum atomic E-state index is 9.10. The molecule has 1 fully saturated rings. The first-order valence-electron chi connectivity index (χ1n) is 6.10. The highest BCUT2D eigenvalue weighted by atomic mass is 35.5. The van der Waals surface area contributed by atoms with Crippen LogP contribution in [0.3, 0.4) is 0 Å². The zero-order valence-corrected chi connectivity index (χ0v) is 12.6. The number of carboxylic acid groups (broad SMARTS) is 2. The van der Waals surface area contributed by atoms with Gasteiger partial charge in [0.1, 0.15) is 0 Å². The minimum absolute atomic E-state index is 0.686. The molecule has 1 aliphatic heterocycles. The van der Waals surface area contributed by atoms with Gasteiger partial charge in [0.15, 0.2) is 0 Å². The SMILES string of the molecule is Clc1ccc(CN2CCOCC2)c(Cl)c1.O=C(O)C(=O)O. The molecule has 1 saturated heterocycles. The van der Waals surface area contributed by atoms with E-state index in [9.17, 15) is 0 Å². The van der Waals surface area contributed by atoms with E-state index in [1.54, 1.807) is 6.07 Å². The van der Waals surface area contributed by atoms with Crippen LogP contribution < -0.4 is 0 Å². The van der Waals surface area contributed by atoms with Crippen molar-refractivity contribution in [3.63, 3.8) is 0 Å². The maximum absolute atomic E-state index is 9.10. The van der Waals surface area contributed by atoms with Crippen molar-refractivity contribution in [2.45, 2.75) is 6.54 Å². The monoisotopic (exact) mass is 335 g/mol. The number of morpholine rings is 1. The van der Waals surface area contributed by atoms with Crippen LogP contribution in [-0.4, -0.2) is 53.4 Å². The lowest BCUT2D eigenvalue weighted by molar-refractivity contribution is -0.159. The molecule has 0 amide bonds. The van der Waals surface area contributed by atoms with Crippen molar-refractivity contribution >= 4 is 35.1 Å². The van der Waals surface area contributed by atoms with Gasteiger partial charge in [0.25, 0.3) is 0 Å². The molecular formula is C13H15Cl2NO5. The van der Waals surface area contributed by atoms with Crippen molar-refractivity contribution in [2.75, 3.05) is 26.3 Å². The van der Waals surface area contributed by atoms with Crippen molar-refractivity contribution in [2.24, 2.45) is 0 Å². The van der Waals surface area contributed by atoms with Crippen LogP contribution in [0.1, 0.15) is 5.56 Å². The first kappa shape index (κ1) is 17.7. The van der Waals surface area contributed by atoms with Crippen LogP contribution in [-0.2, 0) is 20.9 Å². The Morgan fingerprint density at radius 3 is 2.19 bits per heavy atom. The molecule has 0 bridgehead atoms. The second-order valence-corrected chi connectivity index (χ2v) is 5.08. The summed E-state index contributed by atoms with van der Waals surface area (Å²) in [7, 11) is 0. The van der Waals surface area contributed by atoms with Crippen molar-refractivity contribution < 1.29 is 24.5 Å². The summed E-state index contributed by atoms with van der Waals surface area (Å²) in [6.45, 7) is 4.44. The summed E-state index contributed by atoms with van der Waals surface area (Å²) in [5, 5.41) is 16.2. The molecule has 0 saturated carbocycles. The molecule has 6 nitrogen and oxygen atoms in total. The molecule has 0 unspecified atom stereocenters. The Hall–Kier alpha value is -1.34. The molecule has 0 aliphatic carbocycles. The van der Waals surface area contributed by atoms with Gasteiger partial charge in [-0.15, -0.1) is 0 Å². The number of aliphatic carboxylic acids is 2. The average Bonchev–Trinajstić information content (AvgIpc) is 2.44. The molecule has 2 rings (SSSR count). The van der Waals surface area contributed by atoms with E-state index in [2.05, 4.69) is 4.90 Å². The number of hydrogen-bond acceptors (Lipinski definition) is 4. The van der Waals surface area contributed by atoms with E-state index in [4.69, 9.17) is 47.7 Å². The number of ether oxygens (including phenoxy) is 1. The normalized spacial score (nSPS) is 15.0. The third kappa shape index (κ3) is 6.77. The van der Waals surface area contributed by atoms with Crippen molar-refractivity contribution in [1.29, 1.82) is 0 Å². The van der Waals surface area contributed by atoms with Gasteiger partial charge in [-0.25, -0.2) is 9.59 Å². The number of halogens is 2. The fourth-order valence-electron chi connectivity index (χ4n) is 1.65. The van der Waals surface area contributed by atoms with Crippen LogP contribution in [0.5, 0.6) is 0 Å². The zero-order valence-electron chi connectivity index (χ0n) is 11.1. The van der Waals surface area contributed by atoms with Gasteiger partial charge in [0.05, 0.1) is 13.2 Å². The first-order chi connectivity index (χ1) is 9.90. The molecule has 0 spiro atoms. The van der Waals surface area contributed by atoms with Gasteiger partial charge in [-0.2, -0.15) is 0 Å². The molecule has 1 heterocycles. The van der Waals surface area contributed by atoms with E-state index < -0.39 is 11.9 Å². The van der Waals surface area contributed by atoms with Crippen molar-refractivity contribution in [3.05, 3.63) is 33.8 Å². The van der Waals surface area contributed by atoms with E-state index in [1.807, 2.05) is 12.1 Å². The highest BCUT2D eigenvalue weighted by molar-refractivity contribution is 6.35. The van der Waals surface area contributed by atoms with Crippen LogP contribution in [0.15, 0.2) is 18.2 Å². The van der Waals surface area contributed by atoms with E-state index in [1.165, 1.54) is 0 Å². The van der Waals surface area contributed by atoms with Crippen LogP contribution in [0, 0.1) is 0 Å². The van der Waals surface area contributed by atoms with Gasteiger partial charge in [-0.3, -0.25) is 4.90 Å². The summed E-state index contributed by atoms with van der Waals surface area (Å²) in [6, 6.07) is 5.65. The number of rotatable bonds is 2. The Morgan fingerprint density at radius 2 is 1.71 bits per heavy atom. The fourth-order valence-corrected chi connectivity index (χ4v) is 2.12. The van der Waals surface area contributed by atoms with Crippen LogP contribution >= 0.6 is 23.2 Å². The zero-order chi connectivity index (χ0) is 15.8. The number of benzene rings is 1. The van der Waals surface area contributed by atoms with Crippen LogP contribution in [0.4, 0.5) is 0 Å². The first-order valence-corrected chi connectivity index (χ1v) is 6.86. The number of carbonyl (C=O) groups is 2. The van der Waals surface area contributed by atoms with E-state index >= 15 is 0 Å². The number of carboxylic acids is 2. The van der Waals surface area contributed by atoms with Gasteiger partial charge in [0, 0.05) is 29.7 Å². The molecule has 1 aliphatic rings. The van der Waals surface area contributed by atoms with Crippen LogP contribution in [0.25, 0.3) is 0 Å². The lowest BCUT2D eigenvalue weighted by Gasteiger charge is -2.26. The highest BCUT2D eigenvalue weighted by Crippen LogP contribution is 2.22. The predicted octanol–water partition coefficient (Wildman–Crippen LogP) is 1.98. The second kappa shape index (κ2) is 8.84. The lowest BCUT2D eigenvalue weighted by Crippen LogP contribution is -2.35. The summed E-state index contributed by atoms with van der Waals surface area (Å²) >= 11 is 11.9.